The van der Waals surface area contributed by atoms with Crippen LogP contribution in [-0.4, -0.2) is 55.0 Å². The maximum atomic E-state index is 13.3. The van der Waals surface area contributed by atoms with Crippen molar-refractivity contribution < 1.29 is 14.3 Å². The normalized spacial score (nSPS) is 14.8. The molecule has 5 nitrogen and oxygen atoms in total. The number of ether oxygens (including phenoxy) is 1. The summed E-state index contributed by atoms with van der Waals surface area (Å²) in [6, 6.07) is 18.0. The van der Waals surface area contributed by atoms with E-state index in [2.05, 4.69) is 24.0 Å². The first-order valence-electron chi connectivity index (χ1n) is 11.8. The summed E-state index contributed by atoms with van der Waals surface area (Å²) >= 11 is 0. The Kier molecular flexibility index (Phi) is 9.29. The average molecular weight is 437 g/mol. The summed E-state index contributed by atoms with van der Waals surface area (Å²) in [5.74, 6) is -0.173. The molecule has 32 heavy (non-hydrogen) atoms. The number of amides is 1. The molecule has 0 unspecified atom stereocenters. The zero-order valence-electron chi connectivity index (χ0n) is 19.5. The lowest BCUT2D eigenvalue weighted by Crippen LogP contribution is -2.39. The SMILES string of the molecule is CCCCOC(=O)Cc1ccccc1CC(=O)N(C)[C@H](CN1CCCC1)c1ccccc1. The molecular formula is C27H36N2O3. The summed E-state index contributed by atoms with van der Waals surface area (Å²) in [5.41, 5.74) is 2.92. The molecule has 1 saturated heterocycles. The third kappa shape index (κ3) is 6.92. The van der Waals surface area contributed by atoms with E-state index < -0.39 is 0 Å². The quantitative estimate of drug-likeness (QED) is 0.387. The molecule has 0 bridgehead atoms. The number of benzene rings is 2. The summed E-state index contributed by atoms with van der Waals surface area (Å²) < 4.78 is 5.32. The molecule has 1 atom stereocenters. The van der Waals surface area contributed by atoms with Gasteiger partial charge in [-0.05, 0) is 49.0 Å². The maximum Gasteiger partial charge on any atom is 0.310 e. The smallest absolute Gasteiger partial charge is 0.310 e. The van der Waals surface area contributed by atoms with E-state index >= 15 is 0 Å². The van der Waals surface area contributed by atoms with Crippen LogP contribution in [0.15, 0.2) is 54.6 Å². The summed E-state index contributed by atoms with van der Waals surface area (Å²) in [6.07, 6.45) is 4.78. The second kappa shape index (κ2) is 12.4. The average Bonchev–Trinajstić information content (AvgIpc) is 3.32. The molecule has 0 saturated carbocycles. The second-order valence-corrected chi connectivity index (χ2v) is 8.64. The lowest BCUT2D eigenvalue weighted by atomic mass is 10.00. The highest BCUT2D eigenvalue weighted by molar-refractivity contribution is 5.80. The molecule has 3 rings (SSSR count). The van der Waals surface area contributed by atoms with Crippen molar-refractivity contribution >= 4 is 11.9 Å². The van der Waals surface area contributed by atoms with Gasteiger partial charge in [-0.2, -0.15) is 0 Å². The first kappa shape index (κ1) is 24.0. The maximum absolute atomic E-state index is 13.3. The number of hydrogen-bond donors (Lipinski definition) is 0. The van der Waals surface area contributed by atoms with Crippen molar-refractivity contribution in [3.63, 3.8) is 0 Å². The Labute approximate surface area is 192 Å². The van der Waals surface area contributed by atoms with Crippen LogP contribution in [-0.2, 0) is 27.2 Å². The lowest BCUT2D eigenvalue weighted by molar-refractivity contribution is -0.143. The minimum Gasteiger partial charge on any atom is -0.465 e. The van der Waals surface area contributed by atoms with Crippen molar-refractivity contribution in [2.24, 2.45) is 0 Å². The Morgan fingerprint density at radius 3 is 2.25 bits per heavy atom. The molecule has 172 valence electrons. The number of rotatable bonds is 11. The standard InChI is InChI=1S/C27H36N2O3/c1-3-4-18-32-27(31)20-24-15-9-8-14-23(24)19-26(30)28(2)25(21-29-16-10-11-17-29)22-12-6-5-7-13-22/h5-9,12-15,25H,3-4,10-11,16-21H2,1-2H3/t25-/m1/s1. The fourth-order valence-electron chi connectivity index (χ4n) is 4.24. The molecule has 2 aromatic carbocycles. The van der Waals surface area contributed by atoms with Gasteiger partial charge in [0.2, 0.25) is 5.91 Å². The zero-order chi connectivity index (χ0) is 22.8. The van der Waals surface area contributed by atoms with Crippen LogP contribution in [0.1, 0.15) is 55.3 Å². The van der Waals surface area contributed by atoms with Crippen LogP contribution in [0.3, 0.4) is 0 Å². The van der Waals surface area contributed by atoms with Crippen LogP contribution in [0.25, 0.3) is 0 Å². The van der Waals surface area contributed by atoms with Gasteiger partial charge in [-0.3, -0.25) is 9.59 Å². The van der Waals surface area contributed by atoms with E-state index in [0.717, 1.165) is 49.2 Å². The molecule has 5 heteroatoms. The fraction of sp³-hybridized carbons (Fsp3) is 0.481. The lowest BCUT2D eigenvalue weighted by Gasteiger charge is -2.32. The van der Waals surface area contributed by atoms with Gasteiger partial charge in [0, 0.05) is 13.6 Å². The van der Waals surface area contributed by atoms with Crippen molar-refractivity contribution in [2.75, 3.05) is 33.3 Å². The van der Waals surface area contributed by atoms with E-state index in [0.29, 0.717) is 6.61 Å². The number of hydrogen-bond acceptors (Lipinski definition) is 4. The van der Waals surface area contributed by atoms with Crippen LogP contribution >= 0.6 is 0 Å². The molecule has 0 N–H and O–H groups in total. The first-order chi connectivity index (χ1) is 15.6. The molecule has 0 radical (unpaired) electrons. The fourth-order valence-corrected chi connectivity index (χ4v) is 4.24. The largest absolute Gasteiger partial charge is 0.465 e. The van der Waals surface area contributed by atoms with Crippen LogP contribution in [0, 0.1) is 0 Å². The monoisotopic (exact) mass is 436 g/mol. The predicted molar refractivity (Wildman–Crippen MR) is 127 cm³/mol. The molecule has 1 amide bonds. The number of likely N-dealkylation sites (N-methyl/N-ethyl adjacent to an activating group) is 1. The number of esters is 1. The number of nitrogens with zero attached hydrogens (tertiary/aromatic N) is 2. The van der Waals surface area contributed by atoms with E-state index in [1.54, 1.807) is 0 Å². The first-order valence-corrected chi connectivity index (χ1v) is 11.8. The Balaban J connectivity index is 1.69. The predicted octanol–water partition coefficient (Wildman–Crippen LogP) is 4.41. The molecule has 0 aliphatic carbocycles. The van der Waals surface area contributed by atoms with Gasteiger partial charge >= 0.3 is 5.97 Å². The molecule has 0 spiro atoms. The summed E-state index contributed by atoms with van der Waals surface area (Å²) in [6.45, 7) is 5.55. The van der Waals surface area contributed by atoms with Crippen molar-refractivity contribution in [3.05, 3.63) is 71.3 Å². The molecular weight excluding hydrogens is 400 g/mol. The van der Waals surface area contributed by atoms with Gasteiger partial charge < -0.3 is 14.5 Å². The van der Waals surface area contributed by atoms with E-state index in [-0.39, 0.29) is 30.8 Å². The number of likely N-dealkylation sites (tertiary alicyclic amines) is 1. The molecule has 2 aromatic rings. The topological polar surface area (TPSA) is 49.9 Å². The number of carbonyl (C=O) groups is 2. The number of carbonyl (C=O) groups excluding carboxylic acids is 2. The minimum atomic E-state index is -0.233. The van der Waals surface area contributed by atoms with Gasteiger partial charge in [-0.1, -0.05) is 67.9 Å². The van der Waals surface area contributed by atoms with Gasteiger partial charge in [-0.25, -0.2) is 0 Å². The van der Waals surface area contributed by atoms with Gasteiger partial charge in [0.15, 0.2) is 0 Å². The summed E-state index contributed by atoms with van der Waals surface area (Å²) in [4.78, 5) is 29.9. The molecule has 0 aromatic heterocycles. The van der Waals surface area contributed by atoms with E-state index in [9.17, 15) is 9.59 Å². The van der Waals surface area contributed by atoms with Crippen LogP contribution in [0.2, 0.25) is 0 Å². The van der Waals surface area contributed by atoms with Gasteiger partial charge in [-0.15, -0.1) is 0 Å². The van der Waals surface area contributed by atoms with Gasteiger partial charge in [0.25, 0.3) is 0 Å². The third-order valence-electron chi connectivity index (χ3n) is 6.23. The van der Waals surface area contributed by atoms with E-state index in [1.807, 2.05) is 54.4 Å². The van der Waals surface area contributed by atoms with Crippen molar-refractivity contribution in [1.29, 1.82) is 0 Å². The molecule has 1 heterocycles. The van der Waals surface area contributed by atoms with Crippen LogP contribution < -0.4 is 0 Å². The second-order valence-electron chi connectivity index (χ2n) is 8.64. The highest BCUT2D eigenvalue weighted by atomic mass is 16.5. The zero-order valence-corrected chi connectivity index (χ0v) is 19.5. The van der Waals surface area contributed by atoms with Gasteiger partial charge in [0.1, 0.15) is 0 Å². The summed E-state index contributed by atoms with van der Waals surface area (Å²) in [5, 5.41) is 0. The van der Waals surface area contributed by atoms with Crippen LogP contribution in [0.4, 0.5) is 0 Å². The van der Waals surface area contributed by atoms with E-state index in [1.165, 1.54) is 12.8 Å². The Bertz CT molecular complexity index is 862. The van der Waals surface area contributed by atoms with Crippen molar-refractivity contribution in [2.45, 2.75) is 51.5 Å². The highest BCUT2D eigenvalue weighted by Gasteiger charge is 2.26. The summed E-state index contributed by atoms with van der Waals surface area (Å²) in [7, 11) is 1.90. The Morgan fingerprint density at radius 1 is 0.969 bits per heavy atom. The van der Waals surface area contributed by atoms with Crippen molar-refractivity contribution in [1.82, 2.24) is 9.80 Å². The Hall–Kier alpha value is -2.66. The Morgan fingerprint density at radius 2 is 1.59 bits per heavy atom. The molecule has 1 aliphatic rings. The molecule has 1 fully saturated rings. The van der Waals surface area contributed by atoms with Gasteiger partial charge in [0.05, 0.1) is 25.5 Å². The highest BCUT2D eigenvalue weighted by Crippen LogP contribution is 2.24. The van der Waals surface area contributed by atoms with Crippen LogP contribution in [0.5, 0.6) is 0 Å². The third-order valence-corrected chi connectivity index (χ3v) is 6.23. The van der Waals surface area contributed by atoms with Crippen molar-refractivity contribution in [3.8, 4) is 0 Å². The van der Waals surface area contributed by atoms with E-state index in [4.69, 9.17) is 4.74 Å². The molecule has 1 aliphatic heterocycles. The minimum absolute atomic E-state index is 0.00738. The number of unbranched alkanes of at least 4 members (excludes halogenated alkanes) is 1.